The number of hydrogen-bond acceptors (Lipinski definition) is 4. The van der Waals surface area contributed by atoms with E-state index in [9.17, 15) is 14.9 Å². The van der Waals surface area contributed by atoms with E-state index in [1.54, 1.807) is 6.07 Å². The molecule has 5 nitrogen and oxygen atoms in total. The molecule has 0 unspecified atom stereocenters. The van der Waals surface area contributed by atoms with Crippen molar-refractivity contribution in [3.8, 4) is 0 Å². The van der Waals surface area contributed by atoms with Gasteiger partial charge in [-0.3, -0.25) is 10.1 Å². The molecule has 15 heavy (non-hydrogen) atoms. The van der Waals surface area contributed by atoms with Gasteiger partial charge < -0.3 is 4.42 Å². The van der Waals surface area contributed by atoms with Crippen LogP contribution in [0.5, 0.6) is 0 Å². The first-order valence-corrected chi connectivity index (χ1v) is 4.34. The molecule has 2 aromatic rings. The van der Waals surface area contributed by atoms with Crippen molar-refractivity contribution in [2.45, 2.75) is 0 Å². The summed E-state index contributed by atoms with van der Waals surface area (Å²) in [5, 5.41) is 11.1. The zero-order chi connectivity index (χ0) is 11.0. The van der Waals surface area contributed by atoms with Crippen LogP contribution in [0.1, 0.15) is 0 Å². The molecule has 0 bridgehead atoms. The fourth-order valence-corrected chi connectivity index (χ4v) is 1.51. The van der Waals surface area contributed by atoms with E-state index in [-0.39, 0.29) is 16.3 Å². The Morgan fingerprint density at radius 3 is 2.80 bits per heavy atom. The summed E-state index contributed by atoms with van der Waals surface area (Å²) in [6.45, 7) is 0. The lowest BCUT2D eigenvalue weighted by Crippen LogP contribution is -1.98. The van der Waals surface area contributed by atoms with Gasteiger partial charge in [0.1, 0.15) is 0 Å². The van der Waals surface area contributed by atoms with Gasteiger partial charge in [-0.1, -0.05) is 17.7 Å². The van der Waals surface area contributed by atoms with Crippen LogP contribution >= 0.6 is 11.6 Å². The van der Waals surface area contributed by atoms with E-state index in [0.29, 0.717) is 5.39 Å². The number of fused-ring (bicyclic) bond motifs is 1. The van der Waals surface area contributed by atoms with Crippen molar-refractivity contribution in [3.63, 3.8) is 0 Å². The number of nitro groups is 1. The summed E-state index contributed by atoms with van der Waals surface area (Å²) in [5.74, 6) is 0. The molecule has 0 spiro atoms. The first-order chi connectivity index (χ1) is 7.09. The zero-order valence-corrected chi connectivity index (χ0v) is 8.02. The van der Waals surface area contributed by atoms with Crippen molar-refractivity contribution in [1.29, 1.82) is 0 Å². The highest BCUT2D eigenvalue weighted by Crippen LogP contribution is 2.28. The Morgan fingerprint density at radius 2 is 2.13 bits per heavy atom. The third kappa shape index (κ3) is 1.57. The Kier molecular flexibility index (Phi) is 2.17. The molecule has 2 rings (SSSR count). The predicted octanol–water partition coefficient (Wildman–Crippen LogP) is 2.35. The lowest BCUT2D eigenvalue weighted by molar-refractivity contribution is -0.383. The molecule has 0 fully saturated rings. The molecule has 0 aliphatic heterocycles. The minimum atomic E-state index is -0.707. The second kappa shape index (κ2) is 3.36. The highest BCUT2D eigenvalue weighted by molar-refractivity contribution is 6.35. The first-order valence-electron chi connectivity index (χ1n) is 3.96. The lowest BCUT2D eigenvalue weighted by Gasteiger charge is -1.98. The van der Waals surface area contributed by atoms with Crippen LogP contribution in [-0.4, -0.2) is 4.92 Å². The smallest absolute Gasteiger partial charge is 0.337 e. The highest BCUT2D eigenvalue weighted by atomic mass is 35.5. The maximum Gasteiger partial charge on any atom is 0.337 e. The first kappa shape index (κ1) is 9.67. The summed E-state index contributed by atoms with van der Waals surface area (Å²) in [5.41, 5.74) is -1.08. The van der Waals surface area contributed by atoms with Crippen molar-refractivity contribution in [2.24, 2.45) is 0 Å². The average Bonchev–Trinajstić information content (AvgIpc) is 2.16. The van der Waals surface area contributed by atoms with Crippen molar-refractivity contribution >= 4 is 28.3 Å². The van der Waals surface area contributed by atoms with E-state index in [4.69, 9.17) is 16.0 Å². The van der Waals surface area contributed by atoms with Gasteiger partial charge in [-0.25, -0.2) is 4.79 Å². The summed E-state index contributed by atoms with van der Waals surface area (Å²) in [4.78, 5) is 21.0. The van der Waals surface area contributed by atoms with Gasteiger partial charge in [0.15, 0.2) is 0 Å². The number of para-hydroxylation sites is 1. The van der Waals surface area contributed by atoms with E-state index in [2.05, 4.69) is 0 Å². The Labute approximate surface area is 88.0 Å². The molecule has 0 saturated carbocycles. The monoisotopic (exact) mass is 225 g/mol. The molecule has 76 valence electrons. The number of benzene rings is 1. The summed E-state index contributed by atoms with van der Waals surface area (Å²) in [6, 6.07) is 5.36. The third-order valence-corrected chi connectivity index (χ3v) is 2.21. The Hall–Kier alpha value is -1.88. The van der Waals surface area contributed by atoms with Crippen molar-refractivity contribution in [3.05, 3.63) is 49.8 Å². The van der Waals surface area contributed by atoms with Crippen LogP contribution in [0.4, 0.5) is 5.69 Å². The van der Waals surface area contributed by atoms with Crippen LogP contribution in [-0.2, 0) is 0 Å². The van der Waals surface area contributed by atoms with Crippen molar-refractivity contribution < 1.29 is 9.34 Å². The maximum absolute atomic E-state index is 11.0. The summed E-state index contributed by atoms with van der Waals surface area (Å²) in [7, 11) is 0. The van der Waals surface area contributed by atoms with Gasteiger partial charge in [0.2, 0.25) is 5.58 Å². The van der Waals surface area contributed by atoms with E-state index >= 15 is 0 Å². The fourth-order valence-electron chi connectivity index (χ4n) is 1.28. The maximum atomic E-state index is 11.0. The van der Waals surface area contributed by atoms with Crippen LogP contribution in [0, 0.1) is 10.1 Å². The van der Waals surface area contributed by atoms with Crippen LogP contribution < -0.4 is 5.63 Å². The highest BCUT2D eigenvalue weighted by Gasteiger charge is 2.15. The fraction of sp³-hybridized carbons (Fsp3) is 0. The Morgan fingerprint density at radius 1 is 1.40 bits per heavy atom. The summed E-state index contributed by atoms with van der Waals surface area (Å²) in [6.07, 6.45) is 0. The van der Waals surface area contributed by atoms with Crippen LogP contribution in [0.2, 0.25) is 5.02 Å². The van der Waals surface area contributed by atoms with Gasteiger partial charge in [-0.15, -0.1) is 0 Å². The quantitative estimate of drug-likeness (QED) is 0.424. The molecule has 0 aliphatic carbocycles. The molecule has 0 atom stereocenters. The lowest BCUT2D eigenvalue weighted by atomic mass is 10.2. The van der Waals surface area contributed by atoms with E-state index in [1.165, 1.54) is 12.1 Å². The normalized spacial score (nSPS) is 10.5. The molecule has 6 heteroatoms. The SMILES string of the molecule is O=c1cc(Cl)c2cccc([N+](=O)[O-])c2o1. The molecule has 0 aliphatic rings. The third-order valence-electron chi connectivity index (χ3n) is 1.90. The second-order valence-corrected chi connectivity index (χ2v) is 3.23. The molecular weight excluding hydrogens is 222 g/mol. The molecule has 0 radical (unpaired) electrons. The van der Waals surface area contributed by atoms with Gasteiger partial charge in [-0.2, -0.15) is 0 Å². The number of nitro benzene ring substituents is 1. The molecule has 0 saturated heterocycles. The Bertz CT molecular complexity index is 605. The minimum Gasteiger partial charge on any atom is -0.415 e. The predicted molar refractivity (Wildman–Crippen MR) is 54.1 cm³/mol. The average molecular weight is 226 g/mol. The van der Waals surface area contributed by atoms with Crippen molar-refractivity contribution in [1.82, 2.24) is 0 Å². The number of nitrogens with zero attached hydrogens (tertiary/aromatic N) is 1. The van der Waals surface area contributed by atoms with Gasteiger partial charge in [0.25, 0.3) is 0 Å². The largest absolute Gasteiger partial charge is 0.415 e. The van der Waals surface area contributed by atoms with E-state index in [0.717, 1.165) is 6.07 Å². The van der Waals surface area contributed by atoms with Gasteiger partial charge in [0, 0.05) is 17.5 Å². The summed E-state index contributed by atoms with van der Waals surface area (Å²) >= 11 is 5.76. The van der Waals surface area contributed by atoms with E-state index in [1.807, 2.05) is 0 Å². The second-order valence-electron chi connectivity index (χ2n) is 2.82. The van der Waals surface area contributed by atoms with Crippen LogP contribution in [0.15, 0.2) is 33.5 Å². The molecule has 0 amide bonds. The molecule has 0 N–H and O–H groups in total. The van der Waals surface area contributed by atoms with Crippen molar-refractivity contribution in [2.75, 3.05) is 0 Å². The van der Waals surface area contributed by atoms with Gasteiger partial charge in [0.05, 0.1) is 9.95 Å². The van der Waals surface area contributed by atoms with E-state index < -0.39 is 10.5 Å². The minimum absolute atomic E-state index is 0.0972. The number of rotatable bonds is 1. The number of non-ortho nitro benzene ring substituents is 1. The van der Waals surface area contributed by atoms with Gasteiger partial charge in [-0.05, 0) is 6.07 Å². The number of halogens is 1. The zero-order valence-electron chi connectivity index (χ0n) is 7.27. The summed E-state index contributed by atoms with van der Waals surface area (Å²) < 4.78 is 4.75. The Balaban J connectivity index is 2.97. The molecule has 1 heterocycles. The molecule has 1 aromatic heterocycles. The van der Waals surface area contributed by atoms with Crippen LogP contribution in [0.25, 0.3) is 11.0 Å². The standard InChI is InChI=1S/C9H4ClNO4/c10-6-4-8(12)15-9-5(6)2-1-3-7(9)11(13)14/h1-4H. The topological polar surface area (TPSA) is 73.3 Å². The van der Waals surface area contributed by atoms with Crippen LogP contribution in [0.3, 0.4) is 0 Å². The number of hydrogen-bond donors (Lipinski definition) is 0. The molecule has 1 aromatic carbocycles. The molecular formula is C9H4ClNO4. The van der Waals surface area contributed by atoms with Gasteiger partial charge >= 0.3 is 11.3 Å².